The molecule has 5 nitrogen and oxygen atoms in total. The van der Waals surface area contributed by atoms with Crippen molar-refractivity contribution in [1.29, 1.82) is 0 Å². The van der Waals surface area contributed by atoms with E-state index in [1.54, 1.807) is 18.4 Å². The molecule has 3 aromatic carbocycles. The maximum atomic E-state index is 13.1. The standard InChI is InChI=1S/C26H27N3O2S.ClH/c1-3-29(13-14-31-2)17-21-15-20(9-11-23(21)19-7-5-4-6-8-19)26(30)28-22-10-12-25-24(16-22)27-18-32-25;/h4-12,15-16,18H,3,13-14,17H2,1-2H3,(H,28,30);1H. The Bertz CT molecular complexity index is 1200. The average molecular weight is 482 g/mol. The van der Waals surface area contributed by atoms with E-state index >= 15 is 0 Å². The Morgan fingerprint density at radius 2 is 1.91 bits per heavy atom. The molecule has 0 saturated carbocycles. The minimum Gasteiger partial charge on any atom is -0.383 e. The third-order valence-corrected chi connectivity index (χ3v) is 6.30. The van der Waals surface area contributed by atoms with Gasteiger partial charge in [-0.3, -0.25) is 9.69 Å². The third-order valence-electron chi connectivity index (χ3n) is 5.49. The van der Waals surface area contributed by atoms with E-state index in [1.165, 1.54) is 0 Å². The monoisotopic (exact) mass is 481 g/mol. The van der Waals surface area contributed by atoms with Gasteiger partial charge in [0.15, 0.2) is 0 Å². The predicted octanol–water partition coefficient (Wildman–Crippen LogP) is 6.11. The van der Waals surface area contributed by atoms with Gasteiger partial charge in [0.2, 0.25) is 0 Å². The van der Waals surface area contributed by atoms with Gasteiger partial charge in [0, 0.05) is 31.5 Å². The average Bonchev–Trinajstić information content (AvgIpc) is 3.30. The van der Waals surface area contributed by atoms with Crippen LogP contribution in [0.5, 0.6) is 0 Å². The van der Waals surface area contributed by atoms with Crippen molar-refractivity contribution in [1.82, 2.24) is 9.88 Å². The van der Waals surface area contributed by atoms with Crippen molar-refractivity contribution < 1.29 is 9.53 Å². The number of amides is 1. The number of anilines is 1. The zero-order valence-electron chi connectivity index (χ0n) is 18.8. The number of fused-ring (bicyclic) bond motifs is 1. The second kappa shape index (κ2) is 11.9. The molecule has 0 bridgehead atoms. The summed E-state index contributed by atoms with van der Waals surface area (Å²) in [5, 5.41) is 3.02. The first-order valence-electron chi connectivity index (χ1n) is 10.7. The van der Waals surface area contributed by atoms with Crippen LogP contribution in [0.3, 0.4) is 0 Å². The van der Waals surface area contributed by atoms with Crippen LogP contribution in [0.15, 0.2) is 72.2 Å². The number of benzene rings is 3. The molecular weight excluding hydrogens is 454 g/mol. The zero-order valence-corrected chi connectivity index (χ0v) is 20.4. The first kappa shape index (κ1) is 24.9. The molecule has 0 spiro atoms. The summed E-state index contributed by atoms with van der Waals surface area (Å²) < 4.78 is 6.37. The summed E-state index contributed by atoms with van der Waals surface area (Å²) in [4.78, 5) is 19.7. The van der Waals surface area contributed by atoms with Crippen LogP contribution in [0.1, 0.15) is 22.8 Å². The molecular formula is C26H28ClN3O2S. The molecule has 0 unspecified atom stereocenters. The maximum Gasteiger partial charge on any atom is 0.255 e. The van der Waals surface area contributed by atoms with E-state index in [2.05, 4.69) is 34.3 Å². The fourth-order valence-electron chi connectivity index (χ4n) is 3.71. The zero-order chi connectivity index (χ0) is 22.3. The van der Waals surface area contributed by atoms with E-state index in [-0.39, 0.29) is 18.3 Å². The van der Waals surface area contributed by atoms with Crippen LogP contribution in [0.4, 0.5) is 5.69 Å². The number of rotatable bonds is 9. The summed E-state index contributed by atoms with van der Waals surface area (Å²) in [5.74, 6) is -0.125. The number of hydrogen-bond acceptors (Lipinski definition) is 5. The number of hydrogen-bond donors (Lipinski definition) is 1. The van der Waals surface area contributed by atoms with Gasteiger partial charge in [-0.2, -0.15) is 0 Å². The van der Waals surface area contributed by atoms with Gasteiger partial charge >= 0.3 is 0 Å². The molecule has 0 aliphatic heterocycles. The molecule has 7 heteroatoms. The Morgan fingerprint density at radius 1 is 1.09 bits per heavy atom. The van der Waals surface area contributed by atoms with Crippen LogP contribution in [0.2, 0.25) is 0 Å². The molecule has 172 valence electrons. The summed E-state index contributed by atoms with van der Waals surface area (Å²) >= 11 is 1.59. The summed E-state index contributed by atoms with van der Waals surface area (Å²) in [6, 6.07) is 22.1. The number of nitrogens with zero attached hydrogens (tertiary/aromatic N) is 2. The largest absolute Gasteiger partial charge is 0.383 e. The highest BCUT2D eigenvalue weighted by molar-refractivity contribution is 7.16. The van der Waals surface area contributed by atoms with E-state index < -0.39 is 0 Å². The summed E-state index contributed by atoms with van der Waals surface area (Å²) in [7, 11) is 1.72. The van der Waals surface area contributed by atoms with Crippen LogP contribution < -0.4 is 5.32 Å². The van der Waals surface area contributed by atoms with Crippen LogP contribution in [0.25, 0.3) is 21.3 Å². The van der Waals surface area contributed by atoms with Crippen LogP contribution in [0, 0.1) is 0 Å². The van der Waals surface area contributed by atoms with Crippen molar-refractivity contribution in [2.75, 3.05) is 32.1 Å². The molecule has 1 N–H and O–H groups in total. The van der Waals surface area contributed by atoms with Crippen molar-refractivity contribution in [3.05, 3.63) is 83.4 Å². The lowest BCUT2D eigenvalue weighted by atomic mass is 9.96. The molecule has 4 rings (SSSR count). The second-order valence-corrected chi connectivity index (χ2v) is 8.47. The van der Waals surface area contributed by atoms with Crippen molar-refractivity contribution in [2.24, 2.45) is 0 Å². The highest BCUT2D eigenvalue weighted by Crippen LogP contribution is 2.27. The Labute approximate surface area is 204 Å². The first-order chi connectivity index (χ1) is 15.7. The number of ether oxygens (including phenoxy) is 1. The molecule has 0 saturated heterocycles. The minimum atomic E-state index is -0.125. The second-order valence-electron chi connectivity index (χ2n) is 7.59. The molecule has 1 aromatic heterocycles. The van der Waals surface area contributed by atoms with Crippen LogP contribution in [-0.4, -0.2) is 42.6 Å². The Hall–Kier alpha value is -2.77. The van der Waals surface area contributed by atoms with Crippen LogP contribution in [-0.2, 0) is 11.3 Å². The lowest BCUT2D eigenvalue weighted by Crippen LogP contribution is -2.27. The topological polar surface area (TPSA) is 54.5 Å². The van der Waals surface area contributed by atoms with Gasteiger partial charge in [-0.15, -0.1) is 23.7 Å². The van der Waals surface area contributed by atoms with Gasteiger partial charge in [0.1, 0.15) is 0 Å². The smallest absolute Gasteiger partial charge is 0.255 e. The number of carbonyl (C=O) groups excluding carboxylic acids is 1. The number of carbonyl (C=O) groups is 1. The van der Waals surface area contributed by atoms with E-state index in [1.807, 2.05) is 60.1 Å². The van der Waals surface area contributed by atoms with Crippen LogP contribution >= 0.6 is 23.7 Å². The molecule has 0 fully saturated rings. The molecule has 0 radical (unpaired) electrons. The van der Waals surface area contributed by atoms with Gasteiger partial charge in [-0.05, 0) is 53.6 Å². The van der Waals surface area contributed by atoms with Crippen molar-refractivity contribution in [2.45, 2.75) is 13.5 Å². The van der Waals surface area contributed by atoms with Gasteiger partial charge in [0.05, 0.1) is 22.3 Å². The van der Waals surface area contributed by atoms with Crippen molar-refractivity contribution in [3.63, 3.8) is 0 Å². The number of aromatic nitrogens is 1. The lowest BCUT2D eigenvalue weighted by Gasteiger charge is -2.22. The van der Waals surface area contributed by atoms with E-state index in [9.17, 15) is 4.79 Å². The lowest BCUT2D eigenvalue weighted by molar-refractivity contribution is 0.102. The normalized spacial score (nSPS) is 10.9. The van der Waals surface area contributed by atoms with Gasteiger partial charge in [0.25, 0.3) is 5.91 Å². The molecule has 0 atom stereocenters. The summed E-state index contributed by atoms with van der Waals surface area (Å²) in [6.07, 6.45) is 0. The molecule has 0 aliphatic rings. The Morgan fingerprint density at radius 3 is 2.67 bits per heavy atom. The summed E-state index contributed by atoms with van der Waals surface area (Å²) in [6.45, 7) is 5.31. The number of likely N-dealkylation sites (N-methyl/N-ethyl adjacent to an activating group) is 1. The quantitative estimate of drug-likeness (QED) is 0.313. The fourth-order valence-corrected chi connectivity index (χ4v) is 4.37. The Kier molecular flexibility index (Phi) is 8.97. The van der Waals surface area contributed by atoms with Gasteiger partial charge in [-0.1, -0.05) is 43.3 Å². The van der Waals surface area contributed by atoms with E-state index in [0.29, 0.717) is 12.2 Å². The number of thiazole rings is 1. The van der Waals surface area contributed by atoms with Crippen molar-refractivity contribution in [3.8, 4) is 11.1 Å². The molecule has 0 aliphatic carbocycles. The van der Waals surface area contributed by atoms with E-state index in [4.69, 9.17) is 4.74 Å². The van der Waals surface area contributed by atoms with Gasteiger partial charge < -0.3 is 10.1 Å². The fraction of sp³-hybridized carbons (Fsp3) is 0.231. The van der Waals surface area contributed by atoms with E-state index in [0.717, 1.165) is 52.2 Å². The number of methoxy groups -OCH3 is 1. The first-order valence-corrected chi connectivity index (χ1v) is 11.6. The molecule has 4 aromatic rings. The number of halogens is 1. The van der Waals surface area contributed by atoms with Crippen molar-refractivity contribution >= 4 is 45.6 Å². The Balaban J connectivity index is 0.00000306. The highest BCUT2D eigenvalue weighted by Gasteiger charge is 2.14. The maximum absolute atomic E-state index is 13.1. The summed E-state index contributed by atoms with van der Waals surface area (Å²) in [5.41, 5.74) is 7.50. The minimum absolute atomic E-state index is 0. The molecule has 1 heterocycles. The predicted molar refractivity (Wildman–Crippen MR) is 140 cm³/mol. The molecule has 33 heavy (non-hydrogen) atoms. The number of nitrogens with one attached hydrogen (secondary N) is 1. The van der Waals surface area contributed by atoms with Gasteiger partial charge in [-0.25, -0.2) is 4.98 Å². The third kappa shape index (κ3) is 6.18. The highest BCUT2D eigenvalue weighted by atomic mass is 35.5. The molecule has 1 amide bonds. The SMILES string of the molecule is CCN(CCOC)Cc1cc(C(=O)Nc2ccc3scnc3c2)ccc1-c1ccccc1.Cl.